The highest BCUT2D eigenvalue weighted by atomic mass is 35.5. The van der Waals surface area contributed by atoms with Crippen LogP contribution >= 0.6 is 11.6 Å². The highest BCUT2D eigenvalue weighted by Gasteiger charge is 2.20. The second kappa shape index (κ2) is 6.42. The predicted molar refractivity (Wildman–Crippen MR) is 98.2 cm³/mol. The Morgan fingerprint density at radius 2 is 2.17 bits per heavy atom. The van der Waals surface area contributed by atoms with E-state index in [1.165, 1.54) is 0 Å². The number of fused-ring (bicyclic) bond motifs is 1. The van der Waals surface area contributed by atoms with Crippen LogP contribution in [0, 0.1) is 0 Å². The molecule has 1 fully saturated rings. The number of halogens is 1. The molecule has 24 heavy (non-hydrogen) atoms. The molecule has 4 N–H and O–H groups in total. The lowest BCUT2D eigenvalue weighted by Gasteiger charge is -2.27. The van der Waals surface area contributed by atoms with Crippen LogP contribution in [0.15, 0.2) is 36.7 Å². The molecule has 1 aromatic carbocycles. The average Bonchev–Trinajstić information content (AvgIpc) is 3.05. The van der Waals surface area contributed by atoms with Crippen LogP contribution in [0.25, 0.3) is 22.2 Å². The molecule has 0 unspecified atom stereocenters. The lowest BCUT2D eigenvalue weighted by atomic mass is 9.92. The van der Waals surface area contributed by atoms with Gasteiger partial charge in [-0.1, -0.05) is 23.7 Å². The molecule has 0 amide bonds. The van der Waals surface area contributed by atoms with Gasteiger partial charge in [-0.3, -0.25) is 0 Å². The first kappa shape index (κ1) is 15.4. The summed E-state index contributed by atoms with van der Waals surface area (Å²) in [5.74, 6) is 0.612. The Balaban J connectivity index is 1.68. The number of aromatic amines is 1. The van der Waals surface area contributed by atoms with Crippen molar-refractivity contribution in [2.75, 3.05) is 5.32 Å². The number of anilines is 1. The molecule has 5 nitrogen and oxygen atoms in total. The number of aromatic nitrogens is 3. The zero-order valence-electron chi connectivity index (χ0n) is 13.3. The molecule has 1 aliphatic carbocycles. The maximum Gasteiger partial charge on any atom is 0.223 e. The van der Waals surface area contributed by atoms with Gasteiger partial charge in [-0.2, -0.15) is 0 Å². The molecule has 0 aliphatic heterocycles. The molecule has 0 bridgehead atoms. The molecular formula is C18H20ClN5. The molecule has 0 radical (unpaired) electrons. The smallest absolute Gasteiger partial charge is 0.223 e. The number of nitrogens with zero attached hydrogens (tertiary/aromatic N) is 2. The van der Waals surface area contributed by atoms with E-state index >= 15 is 0 Å². The van der Waals surface area contributed by atoms with Gasteiger partial charge in [0.1, 0.15) is 0 Å². The Labute approximate surface area is 145 Å². The lowest BCUT2D eigenvalue weighted by Crippen LogP contribution is -2.35. The van der Waals surface area contributed by atoms with Crippen LogP contribution in [0.2, 0.25) is 5.02 Å². The summed E-state index contributed by atoms with van der Waals surface area (Å²) in [4.78, 5) is 12.2. The molecule has 3 aromatic rings. The molecule has 2 atom stereocenters. The summed E-state index contributed by atoms with van der Waals surface area (Å²) in [5, 5.41) is 5.07. The molecule has 2 heterocycles. The number of nitrogens with one attached hydrogen (secondary N) is 2. The monoisotopic (exact) mass is 341 g/mol. The van der Waals surface area contributed by atoms with Crippen LogP contribution in [0.4, 0.5) is 5.95 Å². The van der Waals surface area contributed by atoms with Crippen LogP contribution in [0.1, 0.15) is 25.7 Å². The van der Waals surface area contributed by atoms with E-state index in [1.807, 2.05) is 30.5 Å². The summed E-state index contributed by atoms with van der Waals surface area (Å²) >= 11 is 6.38. The van der Waals surface area contributed by atoms with Gasteiger partial charge in [0.25, 0.3) is 0 Å². The molecule has 6 heteroatoms. The van der Waals surface area contributed by atoms with E-state index in [1.54, 1.807) is 6.20 Å². The van der Waals surface area contributed by atoms with Gasteiger partial charge in [0, 0.05) is 34.7 Å². The van der Waals surface area contributed by atoms with E-state index in [0.717, 1.165) is 47.8 Å². The molecule has 1 aliphatic rings. The second-order valence-electron chi connectivity index (χ2n) is 6.40. The molecule has 1 saturated carbocycles. The first-order valence-corrected chi connectivity index (χ1v) is 8.69. The van der Waals surface area contributed by atoms with Crippen molar-refractivity contribution in [2.24, 2.45) is 5.73 Å². The van der Waals surface area contributed by atoms with Gasteiger partial charge in [-0.05, 0) is 37.8 Å². The summed E-state index contributed by atoms with van der Waals surface area (Å²) < 4.78 is 0. The van der Waals surface area contributed by atoms with Crippen molar-refractivity contribution in [1.82, 2.24) is 15.0 Å². The van der Waals surface area contributed by atoms with E-state index in [-0.39, 0.29) is 6.04 Å². The largest absolute Gasteiger partial charge is 0.361 e. The van der Waals surface area contributed by atoms with Gasteiger partial charge in [0.05, 0.1) is 16.9 Å². The molecular weight excluding hydrogens is 322 g/mol. The highest BCUT2D eigenvalue weighted by molar-refractivity contribution is 6.33. The van der Waals surface area contributed by atoms with Gasteiger partial charge in [0.2, 0.25) is 5.95 Å². The van der Waals surface area contributed by atoms with Crippen LogP contribution in [0.5, 0.6) is 0 Å². The van der Waals surface area contributed by atoms with Gasteiger partial charge >= 0.3 is 0 Å². The number of rotatable bonds is 3. The zero-order valence-corrected chi connectivity index (χ0v) is 14.1. The lowest BCUT2D eigenvalue weighted by molar-refractivity contribution is 0.408. The topological polar surface area (TPSA) is 79.6 Å². The van der Waals surface area contributed by atoms with E-state index < -0.39 is 0 Å². The third-order valence-electron chi connectivity index (χ3n) is 4.64. The maximum absolute atomic E-state index is 6.38. The zero-order chi connectivity index (χ0) is 16.5. The molecule has 124 valence electrons. The fraction of sp³-hybridized carbons (Fsp3) is 0.333. The Morgan fingerprint density at radius 3 is 3.04 bits per heavy atom. The van der Waals surface area contributed by atoms with Gasteiger partial charge in [-0.15, -0.1) is 0 Å². The molecule has 2 aromatic heterocycles. The van der Waals surface area contributed by atoms with Crippen molar-refractivity contribution in [2.45, 2.75) is 37.8 Å². The van der Waals surface area contributed by atoms with Crippen molar-refractivity contribution in [3.63, 3.8) is 0 Å². The van der Waals surface area contributed by atoms with Gasteiger partial charge in [-0.25, -0.2) is 9.97 Å². The Bertz CT molecular complexity index is 859. The minimum atomic E-state index is 0.261. The standard InChI is InChI=1S/C18H20ClN5/c19-15-10-22-18(23-12-4-1-3-11(20)9-12)24-17(15)14-5-2-6-16-13(14)7-8-21-16/h2,5-8,10-12,21H,1,3-4,9,20H2,(H,22,23,24)/t11-,12+/m0/s1. The quantitative estimate of drug-likeness (QED) is 0.673. The number of hydrogen-bond acceptors (Lipinski definition) is 4. The van der Waals surface area contributed by atoms with E-state index in [4.69, 9.17) is 17.3 Å². The highest BCUT2D eigenvalue weighted by Crippen LogP contribution is 2.32. The number of benzene rings is 1. The van der Waals surface area contributed by atoms with Gasteiger partial charge in [0.15, 0.2) is 0 Å². The normalized spacial score (nSPS) is 21.1. The summed E-state index contributed by atoms with van der Waals surface area (Å²) in [6.45, 7) is 0. The first-order valence-electron chi connectivity index (χ1n) is 8.32. The number of H-pyrrole nitrogens is 1. The van der Waals surface area contributed by atoms with Crippen molar-refractivity contribution in [1.29, 1.82) is 0 Å². The van der Waals surface area contributed by atoms with Crippen LogP contribution < -0.4 is 11.1 Å². The summed E-state index contributed by atoms with van der Waals surface area (Å²) in [7, 11) is 0. The fourth-order valence-electron chi connectivity index (χ4n) is 3.46. The fourth-order valence-corrected chi connectivity index (χ4v) is 3.65. The van der Waals surface area contributed by atoms with E-state index in [2.05, 4.69) is 20.3 Å². The van der Waals surface area contributed by atoms with Gasteiger partial charge < -0.3 is 16.0 Å². The summed E-state index contributed by atoms with van der Waals surface area (Å²) in [6, 6.07) is 8.69. The molecule has 0 saturated heterocycles. The average molecular weight is 342 g/mol. The van der Waals surface area contributed by atoms with E-state index in [9.17, 15) is 0 Å². The van der Waals surface area contributed by atoms with E-state index in [0.29, 0.717) is 17.0 Å². The molecule has 0 spiro atoms. The van der Waals surface area contributed by atoms with Crippen LogP contribution in [0.3, 0.4) is 0 Å². The van der Waals surface area contributed by atoms with Crippen molar-refractivity contribution in [3.05, 3.63) is 41.7 Å². The Hall–Kier alpha value is -2.11. The number of nitrogens with two attached hydrogens (primary N) is 1. The Kier molecular flexibility index (Phi) is 4.12. The minimum Gasteiger partial charge on any atom is -0.361 e. The summed E-state index contributed by atoms with van der Waals surface area (Å²) in [6.07, 6.45) is 7.88. The van der Waals surface area contributed by atoms with Crippen LogP contribution in [-0.4, -0.2) is 27.0 Å². The number of hydrogen-bond donors (Lipinski definition) is 3. The van der Waals surface area contributed by atoms with Crippen molar-refractivity contribution >= 4 is 28.5 Å². The van der Waals surface area contributed by atoms with Crippen molar-refractivity contribution in [3.8, 4) is 11.3 Å². The molecule has 4 rings (SSSR count). The first-order chi connectivity index (χ1) is 11.7. The van der Waals surface area contributed by atoms with Crippen LogP contribution in [-0.2, 0) is 0 Å². The third kappa shape index (κ3) is 2.97. The summed E-state index contributed by atoms with van der Waals surface area (Å²) in [5.41, 5.74) is 8.89. The maximum atomic E-state index is 6.38. The second-order valence-corrected chi connectivity index (χ2v) is 6.81. The van der Waals surface area contributed by atoms with Crippen molar-refractivity contribution < 1.29 is 0 Å². The minimum absolute atomic E-state index is 0.261. The third-order valence-corrected chi connectivity index (χ3v) is 4.92. The predicted octanol–water partition coefficient (Wildman–Crippen LogP) is 3.96. The SMILES string of the molecule is N[C@H]1CCC[C@@H](Nc2ncc(Cl)c(-c3cccc4[nH]ccc34)n2)C1. The Morgan fingerprint density at radius 1 is 1.25 bits per heavy atom.